The Kier molecular flexibility index (Phi) is 11.6. The maximum atomic E-state index is 15.5. The van der Waals surface area contributed by atoms with Crippen LogP contribution < -0.4 is 21.6 Å². The van der Waals surface area contributed by atoms with Gasteiger partial charge in [0.2, 0.25) is 0 Å². The molecule has 39 heavy (non-hydrogen) atoms. The summed E-state index contributed by atoms with van der Waals surface area (Å²) in [6.45, 7) is 3.25. The number of aldehydes is 1. The second kappa shape index (κ2) is 14.0. The van der Waals surface area contributed by atoms with Crippen LogP contribution in [0, 0.1) is 5.92 Å². The molecule has 1 amide bonds. The Morgan fingerprint density at radius 1 is 0.897 bits per heavy atom. The Morgan fingerprint density at radius 3 is 2.00 bits per heavy atom. The molecule has 2 aromatic rings. The molecule has 0 aliphatic carbocycles. The molecule has 0 radical (unpaired) electrons. The summed E-state index contributed by atoms with van der Waals surface area (Å²) in [5.41, 5.74) is -5.57. The Balaban J connectivity index is 2.30. The fourth-order valence-electron chi connectivity index (χ4n) is 3.81. The predicted molar refractivity (Wildman–Crippen MR) is 135 cm³/mol. The highest BCUT2D eigenvalue weighted by Crippen LogP contribution is 2.38. The van der Waals surface area contributed by atoms with Crippen molar-refractivity contribution in [2.45, 2.75) is 38.3 Å². The van der Waals surface area contributed by atoms with Crippen molar-refractivity contribution >= 4 is 37.4 Å². The zero-order valence-corrected chi connectivity index (χ0v) is 21.0. The van der Waals surface area contributed by atoms with Crippen LogP contribution in [0.3, 0.4) is 0 Å². The summed E-state index contributed by atoms with van der Waals surface area (Å²) in [6.07, 6.45) is -2.63. The molecule has 2 rings (SSSR count). The normalized spacial score (nSPS) is 12.7. The number of carbonyl (C=O) groups is 2. The van der Waals surface area contributed by atoms with E-state index in [-0.39, 0.29) is 18.5 Å². The summed E-state index contributed by atoms with van der Waals surface area (Å²) in [5, 5.41) is 43.3. The lowest BCUT2D eigenvalue weighted by Crippen LogP contribution is -2.35. The third-order valence-electron chi connectivity index (χ3n) is 5.96. The van der Waals surface area contributed by atoms with Gasteiger partial charge in [0.05, 0.1) is 5.56 Å². The van der Waals surface area contributed by atoms with Gasteiger partial charge in [-0.3, -0.25) is 4.79 Å². The molecule has 212 valence electrons. The maximum absolute atomic E-state index is 15.5. The van der Waals surface area contributed by atoms with E-state index in [1.54, 1.807) is 0 Å². The molecule has 0 spiro atoms. The molecule has 0 saturated heterocycles. The number of alkyl halides is 5. The van der Waals surface area contributed by atoms with Crippen LogP contribution in [0.2, 0.25) is 0 Å². The van der Waals surface area contributed by atoms with E-state index in [1.165, 1.54) is 0 Å². The minimum atomic E-state index is -5.08. The number of hydrogen-bond acceptors (Lipinski definition) is 7. The Labute approximate surface area is 222 Å². The van der Waals surface area contributed by atoms with Crippen molar-refractivity contribution in [3.8, 4) is 0 Å². The van der Waals surface area contributed by atoms with Crippen molar-refractivity contribution in [1.82, 2.24) is 10.6 Å². The minimum Gasteiger partial charge on any atom is -0.423 e. The van der Waals surface area contributed by atoms with Gasteiger partial charge >= 0.3 is 20.4 Å². The second-order valence-corrected chi connectivity index (χ2v) is 8.96. The summed E-state index contributed by atoms with van der Waals surface area (Å²) in [6, 6.07) is 3.21. The summed E-state index contributed by atoms with van der Waals surface area (Å²) in [7, 11) is -4.75. The largest absolute Gasteiger partial charge is 0.488 e. The van der Waals surface area contributed by atoms with Crippen LogP contribution in [0.15, 0.2) is 36.4 Å². The molecule has 15 heteroatoms. The van der Waals surface area contributed by atoms with Crippen molar-refractivity contribution in [3.05, 3.63) is 58.7 Å². The monoisotopic (exact) mass is 558 g/mol. The van der Waals surface area contributed by atoms with E-state index < -0.39 is 65.4 Å². The van der Waals surface area contributed by atoms with Crippen LogP contribution in [-0.4, -0.2) is 66.2 Å². The zero-order valence-electron chi connectivity index (χ0n) is 21.0. The smallest absolute Gasteiger partial charge is 0.423 e. The van der Waals surface area contributed by atoms with E-state index in [0.717, 1.165) is 12.4 Å². The predicted octanol–water partition coefficient (Wildman–Crippen LogP) is 0.530. The lowest BCUT2D eigenvalue weighted by Gasteiger charge is -2.21. The number of hydrogen-bond donors (Lipinski definition) is 6. The van der Waals surface area contributed by atoms with Crippen molar-refractivity contribution in [2.24, 2.45) is 5.92 Å². The van der Waals surface area contributed by atoms with Gasteiger partial charge in [0, 0.05) is 35.7 Å². The quantitative estimate of drug-likeness (QED) is 0.0862. The van der Waals surface area contributed by atoms with Gasteiger partial charge in [-0.15, -0.1) is 0 Å². The summed E-state index contributed by atoms with van der Waals surface area (Å²) < 4.78 is 70.8. The average Bonchev–Trinajstić information content (AvgIpc) is 2.88. The lowest BCUT2D eigenvalue weighted by molar-refractivity contribution is -0.137. The summed E-state index contributed by atoms with van der Waals surface area (Å²) >= 11 is 0. The van der Waals surface area contributed by atoms with Gasteiger partial charge < -0.3 is 35.5 Å². The van der Waals surface area contributed by atoms with Crippen LogP contribution >= 0.6 is 0 Å². The van der Waals surface area contributed by atoms with Gasteiger partial charge in [0.15, 0.2) is 0 Å². The molecule has 0 saturated carbocycles. The molecule has 0 unspecified atom stereocenters. The molecule has 8 nitrogen and oxygen atoms in total. The van der Waals surface area contributed by atoms with Gasteiger partial charge in [-0.1, -0.05) is 31.5 Å². The SMILES string of the molecule is CCNC[C@H](C=O)CCCCNC(=O)c1cc(B(O)O)cc(C(F)(F)c2cc(B(O)O)cc(C(F)(F)F)c2)c1. The average molecular weight is 558 g/mol. The van der Waals surface area contributed by atoms with Crippen molar-refractivity contribution in [1.29, 1.82) is 0 Å². The first-order valence-corrected chi connectivity index (χ1v) is 12.1. The molecule has 0 bridgehead atoms. The standard InChI is InChI=1S/C24H29B2F5N2O6/c1-2-32-13-15(14-34)5-3-4-6-33-22(35)16-7-17(10-20(8-16)25(36)37)23(27,28)18-9-19(24(29,30)31)12-21(11-18)26(38)39/h7-12,14-15,32,36-39H,2-6,13H2,1H3,(H,33,35)/t15-/m1/s1. The molecular weight excluding hydrogens is 529 g/mol. The van der Waals surface area contributed by atoms with Crippen molar-refractivity contribution < 1.29 is 51.6 Å². The van der Waals surface area contributed by atoms with Gasteiger partial charge in [-0.05, 0) is 48.5 Å². The van der Waals surface area contributed by atoms with E-state index in [1.807, 2.05) is 6.92 Å². The molecule has 6 N–H and O–H groups in total. The zero-order chi connectivity index (χ0) is 29.4. The number of benzene rings is 2. The fourth-order valence-corrected chi connectivity index (χ4v) is 3.81. The molecule has 2 aromatic carbocycles. The van der Waals surface area contributed by atoms with Gasteiger partial charge in [0.25, 0.3) is 11.8 Å². The molecule has 0 aliphatic rings. The van der Waals surface area contributed by atoms with Gasteiger partial charge in [0.1, 0.15) is 6.29 Å². The van der Waals surface area contributed by atoms with Crippen LogP contribution in [0.5, 0.6) is 0 Å². The highest BCUT2D eigenvalue weighted by atomic mass is 19.4. The number of amides is 1. The van der Waals surface area contributed by atoms with Crippen LogP contribution in [0.1, 0.15) is 53.2 Å². The number of unbranched alkanes of at least 4 members (excludes halogenated alkanes) is 1. The highest BCUT2D eigenvalue weighted by molar-refractivity contribution is 6.59. The highest BCUT2D eigenvalue weighted by Gasteiger charge is 2.40. The van der Waals surface area contributed by atoms with E-state index in [2.05, 4.69) is 10.6 Å². The summed E-state index contributed by atoms with van der Waals surface area (Å²) in [5.74, 6) is -5.25. The van der Waals surface area contributed by atoms with Gasteiger partial charge in [-0.25, -0.2) is 0 Å². The first kappa shape index (κ1) is 32.4. The number of carbonyl (C=O) groups excluding carboxylic acids is 2. The molecule has 1 atom stereocenters. The van der Waals surface area contributed by atoms with Crippen molar-refractivity contribution in [2.75, 3.05) is 19.6 Å². The molecule has 0 fully saturated rings. The molecule has 0 heterocycles. The molecule has 0 aliphatic heterocycles. The van der Waals surface area contributed by atoms with Crippen LogP contribution in [0.4, 0.5) is 22.0 Å². The van der Waals surface area contributed by atoms with E-state index in [4.69, 9.17) is 0 Å². The van der Waals surface area contributed by atoms with E-state index in [0.29, 0.717) is 56.6 Å². The molecule has 0 aromatic heterocycles. The first-order valence-electron chi connectivity index (χ1n) is 12.1. The number of nitrogens with one attached hydrogen (secondary N) is 2. The number of halogens is 5. The maximum Gasteiger partial charge on any atom is 0.488 e. The number of rotatable bonds is 14. The first-order chi connectivity index (χ1) is 18.2. The molecular formula is C24H29B2F5N2O6. The second-order valence-electron chi connectivity index (χ2n) is 8.96. The Bertz CT molecular complexity index is 1130. The summed E-state index contributed by atoms with van der Waals surface area (Å²) in [4.78, 5) is 23.8. The minimum absolute atomic E-state index is 0.120. The Morgan fingerprint density at radius 2 is 1.46 bits per heavy atom. The van der Waals surface area contributed by atoms with Crippen LogP contribution in [-0.2, 0) is 16.9 Å². The Hall–Kier alpha value is -2.84. The van der Waals surface area contributed by atoms with Gasteiger partial charge in [-0.2, -0.15) is 22.0 Å². The van der Waals surface area contributed by atoms with Crippen molar-refractivity contribution in [3.63, 3.8) is 0 Å². The fraction of sp³-hybridized carbons (Fsp3) is 0.417. The van der Waals surface area contributed by atoms with E-state index >= 15 is 8.78 Å². The third kappa shape index (κ3) is 9.11. The third-order valence-corrected chi connectivity index (χ3v) is 5.96. The van der Waals surface area contributed by atoms with E-state index in [9.17, 15) is 42.9 Å². The topological polar surface area (TPSA) is 139 Å². The lowest BCUT2D eigenvalue weighted by atomic mass is 9.76. The van der Waals surface area contributed by atoms with Crippen LogP contribution in [0.25, 0.3) is 0 Å².